The average molecular weight is 574 g/mol. The van der Waals surface area contributed by atoms with Crippen molar-refractivity contribution >= 4 is 50.8 Å². The number of rotatable bonds is 7. The molecule has 198 valence electrons. The minimum Gasteiger partial charge on any atom is -0.391 e. The average Bonchev–Trinajstić information content (AvgIpc) is 3.33. The first-order valence-electron chi connectivity index (χ1n) is 11.6. The second-order valence-corrected chi connectivity index (χ2v) is 11.1. The monoisotopic (exact) mass is 573 g/mol. The molecular weight excluding hydrogens is 549 g/mol. The summed E-state index contributed by atoms with van der Waals surface area (Å²) < 4.78 is 30.4. The molecule has 9 nitrogen and oxygen atoms in total. The molecule has 1 amide bonds. The van der Waals surface area contributed by atoms with Gasteiger partial charge in [-0.05, 0) is 54.4 Å². The summed E-state index contributed by atoms with van der Waals surface area (Å²) in [6.07, 6.45) is -1.25. The SMILES string of the molecule is CC(O)C(N/C(=N\S(=O)(=O)c1ccc(Cl)cc1)N1C[C@H](c2ccccc2)C(c2ccc(Cl)cc2)=N1)C(N)=O. The van der Waals surface area contributed by atoms with Crippen molar-refractivity contribution in [1.82, 2.24) is 10.3 Å². The molecule has 0 saturated carbocycles. The van der Waals surface area contributed by atoms with E-state index in [4.69, 9.17) is 34.0 Å². The lowest BCUT2D eigenvalue weighted by molar-refractivity contribution is -0.121. The van der Waals surface area contributed by atoms with Crippen LogP contribution in [-0.4, -0.2) is 54.8 Å². The predicted octanol–water partition coefficient (Wildman–Crippen LogP) is 3.37. The predicted molar refractivity (Wildman–Crippen MR) is 148 cm³/mol. The van der Waals surface area contributed by atoms with Gasteiger partial charge >= 0.3 is 0 Å². The van der Waals surface area contributed by atoms with Gasteiger partial charge in [-0.25, -0.2) is 5.01 Å². The minimum atomic E-state index is -4.28. The van der Waals surface area contributed by atoms with Crippen LogP contribution in [-0.2, 0) is 14.8 Å². The van der Waals surface area contributed by atoms with E-state index in [1.807, 2.05) is 42.5 Å². The first kappa shape index (κ1) is 27.6. The quantitative estimate of drug-likeness (QED) is 0.292. The normalized spacial score (nSPS) is 17.6. The van der Waals surface area contributed by atoms with Crippen LogP contribution in [0.25, 0.3) is 0 Å². The number of aliphatic hydroxyl groups is 1. The minimum absolute atomic E-state index is 0.116. The van der Waals surface area contributed by atoms with Crippen LogP contribution in [0, 0.1) is 0 Å². The molecule has 0 aromatic heterocycles. The van der Waals surface area contributed by atoms with Gasteiger partial charge in [-0.3, -0.25) is 4.79 Å². The zero-order valence-corrected chi connectivity index (χ0v) is 22.5. The molecule has 12 heteroatoms. The van der Waals surface area contributed by atoms with Gasteiger partial charge in [-0.1, -0.05) is 65.7 Å². The van der Waals surface area contributed by atoms with E-state index >= 15 is 0 Å². The number of nitrogens with two attached hydrogens (primary N) is 1. The highest BCUT2D eigenvalue weighted by atomic mass is 35.5. The van der Waals surface area contributed by atoms with E-state index in [9.17, 15) is 18.3 Å². The Morgan fingerprint density at radius 3 is 2.18 bits per heavy atom. The maximum atomic E-state index is 13.2. The topological polar surface area (TPSA) is 137 Å². The van der Waals surface area contributed by atoms with E-state index in [0.717, 1.165) is 11.1 Å². The number of carbonyl (C=O) groups is 1. The Morgan fingerprint density at radius 2 is 1.63 bits per heavy atom. The molecule has 3 aromatic carbocycles. The number of aliphatic hydroxyl groups excluding tert-OH is 1. The molecule has 3 atom stereocenters. The van der Waals surface area contributed by atoms with E-state index in [-0.39, 0.29) is 23.3 Å². The van der Waals surface area contributed by atoms with Crippen LogP contribution >= 0.6 is 23.2 Å². The molecular formula is C26H25Cl2N5O4S. The van der Waals surface area contributed by atoms with E-state index in [2.05, 4.69) is 9.71 Å². The van der Waals surface area contributed by atoms with Gasteiger partial charge in [-0.15, -0.1) is 4.40 Å². The molecule has 3 aromatic rings. The third kappa shape index (κ3) is 6.33. The maximum Gasteiger partial charge on any atom is 0.285 e. The van der Waals surface area contributed by atoms with Crippen LogP contribution in [0.3, 0.4) is 0 Å². The van der Waals surface area contributed by atoms with Crippen molar-refractivity contribution in [2.45, 2.75) is 29.9 Å². The van der Waals surface area contributed by atoms with Gasteiger partial charge in [0.2, 0.25) is 11.9 Å². The summed E-state index contributed by atoms with van der Waals surface area (Å²) in [5.41, 5.74) is 7.82. The molecule has 0 fully saturated rings. The second kappa shape index (κ2) is 11.5. The summed E-state index contributed by atoms with van der Waals surface area (Å²) in [6, 6.07) is 20.8. The summed E-state index contributed by atoms with van der Waals surface area (Å²) in [4.78, 5) is 12.0. The fourth-order valence-corrected chi connectivity index (χ4v) is 5.16. The number of halogens is 2. The van der Waals surface area contributed by atoms with Gasteiger partial charge in [-0.2, -0.15) is 13.5 Å². The van der Waals surface area contributed by atoms with Crippen LogP contribution in [0.5, 0.6) is 0 Å². The number of carbonyl (C=O) groups excluding carboxylic acids is 1. The van der Waals surface area contributed by atoms with Crippen LogP contribution in [0.1, 0.15) is 24.0 Å². The Morgan fingerprint density at radius 1 is 1.05 bits per heavy atom. The molecule has 0 spiro atoms. The lowest BCUT2D eigenvalue weighted by Crippen LogP contribution is -2.54. The van der Waals surface area contributed by atoms with Crippen LogP contribution in [0.2, 0.25) is 10.0 Å². The van der Waals surface area contributed by atoms with Gasteiger partial charge in [0.25, 0.3) is 10.0 Å². The van der Waals surface area contributed by atoms with Crippen molar-refractivity contribution in [2.24, 2.45) is 15.2 Å². The zero-order valence-electron chi connectivity index (χ0n) is 20.2. The number of primary amides is 1. The Balaban J connectivity index is 1.82. The van der Waals surface area contributed by atoms with Crippen molar-refractivity contribution in [3.8, 4) is 0 Å². The molecule has 38 heavy (non-hydrogen) atoms. The van der Waals surface area contributed by atoms with Crippen molar-refractivity contribution in [1.29, 1.82) is 0 Å². The smallest absolute Gasteiger partial charge is 0.285 e. The molecule has 1 heterocycles. The molecule has 0 radical (unpaired) electrons. The van der Waals surface area contributed by atoms with Gasteiger partial charge in [0.1, 0.15) is 6.04 Å². The number of hydrogen-bond acceptors (Lipinski definition) is 5. The summed E-state index contributed by atoms with van der Waals surface area (Å²) in [7, 11) is -4.28. The van der Waals surface area contributed by atoms with Crippen molar-refractivity contribution in [3.63, 3.8) is 0 Å². The Kier molecular flexibility index (Phi) is 8.37. The standard InChI is InChI=1S/C26H25Cl2N5O4S/c1-16(34)23(25(29)35)30-26(32-38(36,37)21-13-11-20(28)12-14-21)33-15-22(17-5-3-2-4-6-17)24(31-33)18-7-9-19(27)10-8-18/h2-14,16,22-23,34H,15H2,1H3,(H2,29,35)(H,30,32)/t16?,22-,23?/m1/s1. The Labute approximate surface area is 230 Å². The second-order valence-electron chi connectivity index (χ2n) is 8.65. The zero-order chi connectivity index (χ0) is 27.4. The van der Waals surface area contributed by atoms with Crippen molar-refractivity contribution < 1.29 is 18.3 Å². The number of hydrazone groups is 1. The van der Waals surface area contributed by atoms with Crippen LogP contribution in [0.15, 0.2) is 93.3 Å². The fourth-order valence-electron chi connectivity index (χ4n) is 3.95. The third-order valence-corrected chi connectivity index (χ3v) is 7.68. The maximum absolute atomic E-state index is 13.2. The van der Waals surface area contributed by atoms with E-state index in [1.165, 1.54) is 36.2 Å². The molecule has 2 unspecified atom stereocenters. The number of guanidine groups is 1. The first-order chi connectivity index (χ1) is 18.0. The summed E-state index contributed by atoms with van der Waals surface area (Å²) in [5.74, 6) is -1.44. The summed E-state index contributed by atoms with van der Waals surface area (Å²) in [6.45, 7) is 1.54. The highest BCUT2D eigenvalue weighted by Gasteiger charge is 2.34. The molecule has 4 N–H and O–H groups in total. The highest BCUT2D eigenvalue weighted by molar-refractivity contribution is 7.90. The highest BCUT2D eigenvalue weighted by Crippen LogP contribution is 2.30. The van der Waals surface area contributed by atoms with Crippen LogP contribution in [0.4, 0.5) is 0 Å². The number of hydrogen-bond donors (Lipinski definition) is 3. The van der Waals surface area contributed by atoms with Gasteiger partial charge in [0.15, 0.2) is 0 Å². The van der Waals surface area contributed by atoms with Gasteiger partial charge in [0, 0.05) is 16.0 Å². The lowest BCUT2D eigenvalue weighted by Gasteiger charge is -2.24. The van der Waals surface area contributed by atoms with Gasteiger partial charge in [0.05, 0.1) is 23.3 Å². The van der Waals surface area contributed by atoms with Crippen molar-refractivity contribution in [3.05, 3.63) is 100 Å². The molecule has 0 bridgehead atoms. The molecule has 0 aliphatic carbocycles. The van der Waals surface area contributed by atoms with E-state index in [0.29, 0.717) is 15.8 Å². The number of nitrogens with zero attached hydrogens (tertiary/aromatic N) is 3. The molecule has 4 rings (SSSR count). The Bertz CT molecular complexity index is 1460. The van der Waals surface area contributed by atoms with E-state index in [1.54, 1.807) is 12.1 Å². The van der Waals surface area contributed by atoms with Crippen LogP contribution < -0.4 is 11.1 Å². The Hall–Kier alpha value is -3.44. The number of sulfonamides is 1. The van der Waals surface area contributed by atoms with Gasteiger partial charge < -0.3 is 16.2 Å². The third-order valence-electron chi connectivity index (χ3n) is 5.89. The molecule has 1 aliphatic heterocycles. The largest absolute Gasteiger partial charge is 0.391 e. The fraction of sp³-hybridized carbons (Fsp3) is 0.192. The lowest BCUT2D eigenvalue weighted by atomic mass is 9.91. The van der Waals surface area contributed by atoms with E-state index < -0.39 is 28.1 Å². The summed E-state index contributed by atoms with van der Waals surface area (Å²) >= 11 is 12.0. The molecule has 0 saturated heterocycles. The first-order valence-corrected chi connectivity index (χ1v) is 13.8. The van der Waals surface area contributed by atoms with Crippen molar-refractivity contribution in [2.75, 3.05) is 6.54 Å². The number of amides is 1. The molecule has 1 aliphatic rings. The summed E-state index contributed by atoms with van der Waals surface area (Å²) in [5, 5.41) is 19.8. The number of benzene rings is 3. The number of nitrogens with one attached hydrogen (secondary N) is 1.